The predicted molar refractivity (Wildman–Crippen MR) is 139 cm³/mol. The molecule has 38 heavy (non-hydrogen) atoms. The minimum atomic E-state index is -1.21. The lowest BCUT2D eigenvalue weighted by Crippen LogP contribution is -2.53. The molecule has 0 aromatic heterocycles. The Kier molecular flexibility index (Phi) is 7.17. The van der Waals surface area contributed by atoms with Gasteiger partial charge in [-0.3, -0.25) is 19.2 Å². The molecule has 3 N–H and O–H groups in total. The number of nitriles is 1. The number of rotatable bonds is 4. The highest BCUT2D eigenvalue weighted by Gasteiger charge is 2.56. The van der Waals surface area contributed by atoms with Gasteiger partial charge in [0.1, 0.15) is 17.9 Å². The van der Waals surface area contributed by atoms with E-state index in [2.05, 4.69) is 22.0 Å². The molecule has 2 heterocycles. The van der Waals surface area contributed by atoms with Crippen molar-refractivity contribution in [2.24, 2.45) is 5.41 Å². The summed E-state index contributed by atoms with van der Waals surface area (Å²) in [5.41, 5.74) is -0.577. The van der Waals surface area contributed by atoms with Crippen molar-refractivity contribution in [3.8, 4) is 6.07 Å². The lowest BCUT2D eigenvalue weighted by atomic mass is 9.80. The number of nitrogens with zero attached hydrogens (tertiary/aromatic N) is 2. The molecule has 198 valence electrons. The molecule has 1 fully saturated rings. The fraction of sp³-hybridized carbons (Fsp3) is 0.370. The van der Waals surface area contributed by atoms with Crippen molar-refractivity contribution in [2.45, 2.75) is 51.1 Å². The van der Waals surface area contributed by atoms with Crippen LogP contribution in [0.25, 0.3) is 0 Å². The van der Waals surface area contributed by atoms with E-state index in [1.165, 1.54) is 17.0 Å². The SMILES string of the molecule is CC(C)(C)C[C@H](NC(=O)C(=O)Nc1c(F)cccc1Cl)C(=O)N1C[C@]2(C[C@H]1C#N)C(=O)Nc1ccccc12. The lowest BCUT2D eigenvalue weighted by Gasteiger charge is -2.31. The normalized spacial score (nSPS) is 20.9. The first-order valence-electron chi connectivity index (χ1n) is 12.0. The van der Waals surface area contributed by atoms with Gasteiger partial charge in [-0.15, -0.1) is 0 Å². The zero-order valence-electron chi connectivity index (χ0n) is 21.1. The summed E-state index contributed by atoms with van der Waals surface area (Å²) in [5, 5.41) is 17.2. The second-order valence-corrected chi connectivity index (χ2v) is 11.1. The predicted octanol–water partition coefficient (Wildman–Crippen LogP) is 3.35. The molecule has 0 bridgehead atoms. The molecule has 0 radical (unpaired) electrons. The van der Waals surface area contributed by atoms with Crippen LogP contribution in [0, 0.1) is 22.6 Å². The number of halogens is 2. The standard InChI is InChI=1S/C27H27ClFN5O4/c1-26(2,3)12-20(31-22(35)23(36)33-21-17(28)8-6-9-18(21)29)24(37)34-14-27(11-15(34)13-30)16-7-4-5-10-19(16)32-25(27)38/h4-10,15,20H,11-12,14H2,1-3H3,(H,31,35)(H,32,38)(H,33,36)/t15-,20-,27-/m0/s1. The highest BCUT2D eigenvalue weighted by molar-refractivity contribution is 6.41. The summed E-state index contributed by atoms with van der Waals surface area (Å²) in [6.07, 6.45) is 0.232. The lowest BCUT2D eigenvalue weighted by molar-refractivity contribution is -0.141. The van der Waals surface area contributed by atoms with Gasteiger partial charge in [0, 0.05) is 18.7 Å². The number of anilines is 2. The molecular formula is C27H27ClFN5O4. The Morgan fingerprint density at radius 2 is 1.92 bits per heavy atom. The quantitative estimate of drug-likeness (QED) is 0.513. The first kappa shape index (κ1) is 27.1. The second kappa shape index (κ2) is 10.1. The van der Waals surface area contributed by atoms with E-state index in [1.807, 2.05) is 20.8 Å². The van der Waals surface area contributed by atoms with E-state index < -0.39 is 46.5 Å². The Bertz CT molecular complexity index is 1350. The van der Waals surface area contributed by atoms with E-state index in [-0.39, 0.29) is 36.0 Å². The van der Waals surface area contributed by atoms with Crippen LogP contribution in [0.2, 0.25) is 5.02 Å². The summed E-state index contributed by atoms with van der Waals surface area (Å²) in [6.45, 7) is 5.51. The van der Waals surface area contributed by atoms with Gasteiger partial charge >= 0.3 is 11.8 Å². The Hall–Kier alpha value is -3.97. The van der Waals surface area contributed by atoms with Crippen LogP contribution in [-0.2, 0) is 24.6 Å². The van der Waals surface area contributed by atoms with Crippen LogP contribution in [-0.4, -0.2) is 47.2 Å². The van der Waals surface area contributed by atoms with Crippen LogP contribution >= 0.6 is 11.6 Å². The van der Waals surface area contributed by atoms with E-state index in [9.17, 15) is 28.8 Å². The van der Waals surface area contributed by atoms with E-state index in [0.717, 1.165) is 6.07 Å². The maximum Gasteiger partial charge on any atom is 0.313 e. The van der Waals surface area contributed by atoms with Gasteiger partial charge in [-0.05, 0) is 35.6 Å². The highest BCUT2D eigenvalue weighted by atomic mass is 35.5. The monoisotopic (exact) mass is 539 g/mol. The average Bonchev–Trinajstić information content (AvgIpc) is 3.38. The van der Waals surface area contributed by atoms with Gasteiger partial charge < -0.3 is 20.9 Å². The molecule has 9 nitrogen and oxygen atoms in total. The number of carbonyl (C=O) groups is 4. The van der Waals surface area contributed by atoms with Crippen LogP contribution in [0.4, 0.5) is 15.8 Å². The number of hydrogen-bond acceptors (Lipinski definition) is 5. The Balaban J connectivity index is 1.58. The fourth-order valence-electron chi connectivity index (χ4n) is 5.01. The van der Waals surface area contributed by atoms with Crippen LogP contribution in [0.15, 0.2) is 42.5 Å². The van der Waals surface area contributed by atoms with Crippen molar-refractivity contribution >= 4 is 46.6 Å². The molecule has 2 aromatic rings. The van der Waals surface area contributed by atoms with E-state index in [4.69, 9.17) is 11.6 Å². The topological polar surface area (TPSA) is 131 Å². The number of carbonyl (C=O) groups excluding carboxylic acids is 4. The third kappa shape index (κ3) is 5.07. The van der Waals surface area contributed by atoms with E-state index in [1.54, 1.807) is 24.3 Å². The molecule has 0 saturated carbocycles. The molecule has 1 spiro atoms. The van der Waals surface area contributed by atoms with Gasteiger partial charge in [0.25, 0.3) is 0 Å². The first-order valence-corrected chi connectivity index (χ1v) is 12.4. The largest absolute Gasteiger partial charge is 0.336 e. The van der Waals surface area contributed by atoms with Crippen LogP contribution in [0.1, 0.15) is 39.2 Å². The van der Waals surface area contributed by atoms with E-state index in [0.29, 0.717) is 11.3 Å². The van der Waals surface area contributed by atoms with Crippen LogP contribution < -0.4 is 16.0 Å². The number of para-hydroxylation sites is 2. The fourth-order valence-corrected chi connectivity index (χ4v) is 5.22. The first-order chi connectivity index (χ1) is 17.9. The number of nitrogens with one attached hydrogen (secondary N) is 3. The maximum absolute atomic E-state index is 14.1. The molecule has 11 heteroatoms. The van der Waals surface area contributed by atoms with Crippen molar-refractivity contribution < 1.29 is 23.6 Å². The Morgan fingerprint density at radius 1 is 1.21 bits per heavy atom. The van der Waals surface area contributed by atoms with Gasteiger partial charge in [0.2, 0.25) is 11.8 Å². The number of likely N-dealkylation sites (tertiary alicyclic amines) is 1. The van der Waals surface area contributed by atoms with Gasteiger partial charge in [0.05, 0.1) is 22.2 Å². The zero-order chi connectivity index (χ0) is 27.8. The summed E-state index contributed by atoms with van der Waals surface area (Å²) in [4.78, 5) is 53.5. The van der Waals surface area contributed by atoms with Crippen molar-refractivity contribution in [1.82, 2.24) is 10.2 Å². The van der Waals surface area contributed by atoms with Crippen molar-refractivity contribution in [3.63, 3.8) is 0 Å². The molecule has 4 rings (SSSR count). The Morgan fingerprint density at radius 3 is 2.58 bits per heavy atom. The number of fused-ring (bicyclic) bond motifs is 2. The number of hydrogen-bond donors (Lipinski definition) is 3. The second-order valence-electron chi connectivity index (χ2n) is 10.7. The van der Waals surface area contributed by atoms with Gasteiger partial charge in [-0.2, -0.15) is 5.26 Å². The molecule has 3 atom stereocenters. The maximum atomic E-state index is 14.1. The summed E-state index contributed by atoms with van der Waals surface area (Å²) in [7, 11) is 0. The minimum Gasteiger partial charge on any atom is -0.336 e. The third-order valence-corrected chi connectivity index (χ3v) is 7.06. The molecule has 2 aliphatic heterocycles. The summed E-state index contributed by atoms with van der Waals surface area (Å²) < 4.78 is 14.1. The minimum absolute atomic E-state index is 0.0551. The van der Waals surface area contributed by atoms with Gasteiger partial charge in [-0.25, -0.2) is 4.39 Å². The van der Waals surface area contributed by atoms with Crippen molar-refractivity contribution in [3.05, 3.63) is 58.9 Å². The van der Waals surface area contributed by atoms with E-state index >= 15 is 0 Å². The average molecular weight is 540 g/mol. The molecular weight excluding hydrogens is 513 g/mol. The molecule has 2 aliphatic rings. The molecule has 2 aromatic carbocycles. The summed E-state index contributed by atoms with van der Waals surface area (Å²) >= 11 is 5.94. The molecule has 0 aliphatic carbocycles. The van der Waals surface area contributed by atoms with Crippen molar-refractivity contribution in [1.29, 1.82) is 5.26 Å². The highest BCUT2D eigenvalue weighted by Crippen LogP contribution is 2.46. The smallest absolute Gasteiger partial charge is 0.313 e. The Labute approximate surface area is 224 Å². The molecule has 4 amide bonds. The van der Waals surface area contributed by atoms with Crippen molar-refractivity contribution in [2.75, 3.05) is 17.2 Å². The zero-order valence-corrected chi connectivity index (χ0v) is 21.9. The summed E-state index contributed by atoms with van der Waals surface area (Å²) in [5.74, 6) is -4.09. The van der Waals surface area contributed by atoms with Crippen LogP contribution in [0.3, 0.4) is 0 Å². The third-order valence-electron chi connectivity index (χ3n) is 6.74. The number of benzene rings is 2. The number of amides is 4. The van der Waals surface area contributed by atoms with Crippen LogP contribution in [0.5, 0.6) is 0 Å². The van der Waals surface area contributed by atoms with Gasteiger partial charge in [0.15, 0.2) is 0 Å². The molecule has 0 unspecified atom stereocenters. The summed E-state index contributed by atoms with van der Waals surface area (Å²) in [6, 6.07) is 10.9. The van der Waals surface area contributed by atoms with Gasteiger partial charge in [-0.1, -0.05) is 56.6 Å². The molecule has 1 saturated heterocycles.